The quantitative estimate of drug-likeness (QED) is 0.185. The minimum absolute atomic E-state index is 0.880. The van der Waals surface area contributed by atoms with Crippen LogP contribution < -0.4 is 4.90 Å². The SMILES string of the molecule is c1ccc(-c2ccc(N(c3ccccc3)c3ccc4c(ccc5nc(-c6ccccc6)c(-c6ccccc6)nc54)c3)cc2)cc1. The molecular weight excluding hydrogens is 546 g/mol. The van der Waals surface area contributed by atoms with Crippen molar-refractivity contribution in [3.63, 3.8) is 0 Å². The summed E-state index contributed by atoms with van der Waals surface area (Å²) >= 11 is 0. The zero-order valence-electron chi connectivity index (χ0n) is 24.6. The van der Waals surface area contributed by atoms with Crippen molar-refractivity contribution in [3.8, 4) is 33.6 Å². The van der Waals surface area contributed by atoms with Gasteiger partial charge in [-0.3, -0.25) is 0 Å². The molecule has 45 heavy (non-hydrogen) atoms. The number of aromatic nitrogens is 2. The van der Waals surface area contributed by atoms with Crippen LogP contribution in [-0.4, -0.2) is 9.97 Å². The minimum atomic E-state index is 0.880. The van der Waals surface area contributed by atoms with E-state index in [9.17, 15) is 0 Å². The van der Waals surface area contributed by atoms with Gasteiger partial charge in [-0.2, -0.15) is 0 Å². The summed E-state index contributed by atoms with van der Waals surface area (Å²) in [4.78, 5) is 12.8. The Hall–Kier alpha value is -6.06. The molecule has 8 rings (SSSR count). The lowest BCUT2D eigenvalue weighted by atomic mass is 10.0. The Labute approximate surface area is 262 Å². The van der Waals surface area contributed by atoms with Crippen molar-refractivity contribution in [2.45, 2.75) is 0 Å². The highest BCUT2D eigenvalue weighted by Gasteiger charge is 2.17. The Kier molecular flexibility index (Phi) is 6.82. The van der Waals surface area contributed by atoms with Gasteiger partial charge in [0.2, 0.25) is 0 Å². The standard InChI is InChI=1S/C42H29N3/c1-5-13-30(14-6-1)31-21-24-36(25-22-31)45(35-19-11-4-12-20-35)37-26-27-38-34(29-37)23-28-39-42(38)44-41(33-17-9-3-10-18-33)40(43-39)32-15-7-2-8-16-32/h1-29H. The first-order valence-corrected chi connectivity index (χ1v) is 15.2. The predicted molar refractivity (Wildman–Crippen MR) is 188 cm³/mol. The first kappa shape index (κ1) is 26.6. The second-order valence-electron chi connectivity index (χ2n) is 11.1. The largest absolute Gasteiger partial charge is 0.310 e. The summed E-state index contributed by atoms with van der Waals surface area (Å²) in [5, 5.41) is 2.19. The molecule has 1 aromatic heterocycles. The van der Waals surface area contributed by atoms with Gasteiger partial charge in [-0.15, -0.1) is 0 Å². The Bertz CT molecular complexity index is 2230. The molecule has 0 aliphatic heterocycles. The summed E-state index contributed by atoms with van der Waals surface area (Å²) in [6.07, 6.45) is 0. The topological polar surface area (TPSA) is 29.0 Å². The lowest BCUT2D eigenvalue weighted by molar-refractivity contribution is 1.28. The third kappa shape index (κ3) is 5.11. The van der Waals surface area contributed by atoms with Gasteiger partial charge in [0.1, 0.15) is 0 Å². The van der Waals surface area contributed by atoms with Gasteiger partial charge in [-0.1, -0.05) is 133 Å². The van der Waals surface area contributed by atoms with Gasteiger partial charge in [0.25, 0.3) is 0 Å². The highest BCUT2D eigenvalue weighted by atomic mass is 15.1. The zero-order valence-corrected chi connectivity index (χ0v) is 24.6. The van der Waals surface area contributed by atoms with Gasteiger partial charge >= 0.3 is 0 Å². The summed E-state index contributed by atoms with van der Waals surface area (Å²) in [6, 6.07) is 61.3. The van der Waals surface area contributed by atoms with E-state index in [1.54, 1.807) is 0 Å². The fourth-order valence-corrected chi connectivity index (χ4v) is 6.03. The van der Waals surface area contributed by atoms with Crippen molar-refractivity contribution in [3.05, 3.63) is 176 Å². The molecule has 0 atom stereocenters. The second kappa shape index (κ2) is 11.6. The van der Waals surface area contributed by atoms with Crippen molar-refractivity contribution in [1.29, 1.82) is 0 Å². The zero-order chi connectivity index (χ0) is 30.0. The average Bonchev–Trinajstić information content (AvgIpc) is 3.13. The number of benzene rings is 7. The Morgan fingerprint density at radius 3 is 1.47 bits per heavy atom. The molecule has 1 heterocycles. The molecule has 0 radical (unpaired) electrons. The third-order valence-electron chi connectivity index (χ3n) is 8.23. The van der Waals surface area contributed by atoms with E-state index >= 15 is 0 Å². The van der Waals surface area contributed by atoms with E-state index in [4.69, 9.17) is 9.97 Å². The summed E-state index contributed by atoms with van der Waals surface area (Å²) in [6.45, 7) is 0. The molecular formula is C42H29N3. The van der Waals surface area contributed by atoms with E-state index in [1.165, 1.54) is 11.1 Å². The van der Waals surface area contributed by atoms with Crippen molar-refractivity contribution in [2.24, 2.45) is 0 Å². The lowest BCUT2D eigenvalue weighted by Crippen LogP contribution is -2.09. The fourth-order valence-electron chi connectivity index (χ4n) is 6.03. The molecule has 0 bridgehead atoms. The van der Waals surface area contributed by atoms with Gasteiger partial charge in [-0.05, 0) is 59.0 Å². The van der Waals surface area contributed by atoms with Crippen LogP contribution in [0.5, 0.6) is 0 Å². The molecule has 0 fully saturated rings. The van der Waals surface area contributed by atoms with Gasteiger partial charge in [-0.25, -0.2) is 9.97 Å². The first-order valence-electron chi connectivity index (χ1n) is 15.2. The highest BCUT2D eigenvalue weighted by molar-refractivity contribution is 6.06. The van der Waals surface area contributed by atoms with E-state index in [2.05, 4.69) is 150 Å². The predicted octanol–water partition coefficient (Wildman–Crippen LogP) is 11.3. The number of nitrogens with zero attached hydrogens (tertiary/aromatic N) is 3. The van der Waals surface area contributed by atoms with E-state index < -0.39 is 0 Å². The third-order valence-corrected chi connectivity index (χ3v) is 8.23. The minimum Gasteiger partial charge on any atom is -0.310 e. The first-order chi connectivity index (χ1) is 22.3. The normalized spacial score (nSPS) is 11.1. The number of hydrogen-bond acceptors (Lipinski definition) is 3. The van der Waals surface area contributed by atoms with Crippen LogP contribution >= 0.6 is 0 Å². The van der Waals surface area contributed by atoms with E-state index in [0.29, 0.717) is 0 Å². The van der Waals surface area contributed by atoms with E-state index in [1.807, 2.05) is 30.3 Å². The van der Waals surface area contributed by atoms with Crippen LogP contribution in [0.3, 0.4) is 0 Å². The molecule has 0 N–H and O–H groups in total. The molecule has 7 aromatic carbocycles. The van der Waals surface area contributed by atoms with Crippen LogP contribution in [0.15, 0.2) is 176 Å². The molecule has 0 spiro atoms. The molecule has 0 saturated heterocycles. The lowest BCUT2D eigenvalue weighted by Gasteiger charge is -2.26. The molecule has 8 aromatic rings. The number of fused-ring (bicyclic) bond motifs is 3. The summed E-state index contributed by atoms with van der Waals surface area (Å²) in [7, 11) is 0. The van der Waals surface area contributed by atoms with Crippen molar-refractivity contribution in [2.75, 3.05) is 4.90 Å². The Morgan fingerprint density at radius 2 is 0.844 bits per heavy atom. The maximum atomic E-state index is 5.30. The van der Waals surface area contributed by atoms with Crippen LogP contribution in [0.1, 0.15) is 0 Å². The highest BCUT2D eigenvalue weighted by Crippen LogP contribution is 2.39. The number of hydrogen-bond donors (Lipinski definition) is 0. The summed E-state index contributed by atoms with van der Waals surface area (Å²) < 4.78 is 0. The van der Waals surface area contributed by atoms with Gasteiger partial charge < -0.3 is 4.90 Å². The maximum absolute atomic E-state index is 5.30. The number of rotatable bonds is 6. The van der Waals surface area contributed by atoms with Crippen molar-refractivity contribution < 1.29 is 0 Å². The van der Waals surface area contributed by atoms with Crippen LogP contribution in [0.2, 0.25) is 0 Å². The van der Waals surface area contributed by atoms with Gasteiger partial charge in [0, 0.05) is 33.6 Å². The second-order valence-corrected chi connectivity index (χ2v) is 11.1. The monoisotopic (exact) mass is 575 g/mol. The molecule has 3 nitrogen and oxygen atoms in total. The van der Waals surface area contributed by atoms with Crippen LogP contribution in [0.25, 0.3) is 55.4 Å². The van der Waals surface area contributed by atoms with E-state index in [0.717, 1.165) is 61.4 Å². The van der Waals surface area contributed by atoms with Crippen LogP contribution in [-0.2, 0) is 0 Å². The van der Waals surface area contributed by atoms with E-state index in [-0.39, 0.29) is 0 Å². The summed E-state index contributed by atoms with van der Waals surface area (Å²) in [5.74, 6) is 0. The van der Waals surface area contributed by atoms with Gasteiger partial charge in [0.15, 0.2) is 0 Å². The van der Waals surface area contributed by atoms with Gasteiger partial charge in [0.05, 0.1) is 22.4 Å². The molecule has 0 unspecified atom stereocenters. The smallest absolute Gasteiger partial charge is 0.0973 e. The van der Waals surface area contributed by atoms with Crippen molar-refractivity contribution >= 4 is 38.9 Å². The molecule has 0 aliphatic rings. The number of para-hydroxylation sites is 1. The van der Waals surface area contributed by atoms with Crippen LogP contribution in [0.4, 0.5) is 17.1 Å². The molecule has 212 valence electrons. The molecule has 0 saturated carbocycles. The molecule has 3 heteroatoms. The molecule has 0 amide bonds. The van der Waals surface area contributed by atoms with Crippen LogP contribution in [0, 0.1) is 0 Å². The fraction of sp³-hybridized carbons (Fsp3) is 0. The maximum Gasteiger partial charge on any atom is 0.0973 e. The average molecular weight is 576 g/mol. The number of anilines is 3. The van der Waals surface area contributed by atoms with Crippen molar-refractivity contribution in [1.82, 2.24) is 9.97 Å². The molecule has 0 aliphatic carbocycles. The summed E-state index contributed by atoms with van der Waals surface area (Å²) in [5.41, 5.74) is 11.3. The Balaban J connectivity index is 1.27. The Morgan fingerprint density at radius 1 is 0.356 bits per heavy atom.